The Morgan fingerprint density at radius 3 is 2.44 bits per heavy atom. The third-order valence-corrected chi connectivity index (χ3v) is 3.58. The van der Waals surface area contributed by atoms with Crippen molar-refractivity contribution in [3.8, 4) is 0 Å². The van der Waals surface area contributed by atoms with Gasteiger partial charge in [0.25, 0.3) is 0 Å². The number of hydrogen-bond donors (Lipinski definition) is 1. The summed E-state index contributed by atoms with van der Waals surface area (Å²) in [6.45, 7) is 7.39. The van der Waals surface area contributed by atoms with Gasteiger partial charge in [0, 0.05) is 19.6 Å². The van der Waals surface area contributed by atoms with E-state index >= 15 is 0 Å². The Bertz CT molecular complexity index is 232. The average molecular weight is 254 g/mol. The lowest BCUT2D eigenvalue weighted by Crippen LogP contribution is -2.38. The number of unbranched alkanes of at least 4 members (excludes halogenated alkanes) is 1. The van der Waals surface area contributed by atoms with Crippen LogP contribution in [0.25, 0.3) is 0 Å². The number of guanidine groups is 1. The van der Waals surface area contributed by atoms with Gasteiger partial charge in [-0.25, -0.2) is 0 Å². The maximum Gasteiger partial charge on any atom is 0.191 e. The molecule has 1 aliphatic heterocycles. The Labute approximate surface area is 112 Å². The second-order valence-electron chi connectivity index (χ2n) is 5.30. The van der Waals surface area contributed by atoms with E-state index in [-0.39, 0.29) is 0 Å². The number of likely N-dealkylation sites (N-methyl/N-ethyl adjacent to an activating group) is 1. The Morgan fingerprint density at radius 2 is 1.83 bits per heavy atom. The van der Waals surface area contributed by atoms with Crippen LogP contribution in [-0.4, -0.2) is 55.5 Å². The van der Waals surface area contributed by atoms with Gasteiger partial charge in [-0.1, -0.05) is 26.2 Å². The molecule has 1 saturated heterocycles. The lowest BCUT2D eigenvalue weighted by Gasteiger charge is -2.21. The van der Waals surface area contributed by atoms with E-state index in [1.807, 2.05) is 0 Å². The van der Waals surface area contributed by atoms with Gasteiger partial charge in [0.15, 0.2) is 5.96 Å². The van der Waals surface area contributed by atoms with Crippen LogP contribution in [-0.2, 0) is 0 Å². The molecule has 0 unspecified atom stereocenters. The molecule has 4 heteroatoms. The van der Waals surface area contributed by atoms with E-state index in [4.69, 9.17) is 5.73 Å². The van der Waals surface area contributed by atoms with Crippen molar-refractivity contribution in [2.45, 2.75) is 45.4 Å². The van der Waals surface area contributed by atoms with Gasteiger partial charge < -0.3 is 15.5 Å². The van der Waals surface area contributed by atoms with E-state index in [2.05, 4.69) is 28.8 Å². The summed E-state index contributed by atoms with van der Waals surface area (Å²) in [5.41, 5.74) is 6.06. The molecule has 4 nitrogen and oxygen atoms in total. The summed E-state index contributed by atoms with van der Waals surface area (Å²) in [5, 5.41) is 0. The zero-order chi connectivity index (χ0) is 13.2. The summed E-state index contributed by atoms with van der Waals surface area (Å²) < 4.78 is 0. The highest BCUT2D eigenvalue weighted by Gasteiger charge is 2.10. The minimum absolute atomic E-state index is 0.751. The molecule has 0 atom stereocenters. The van der Waals surface area contributed by atoms with Gasteiger partial charge >= 0.3 is 0 Å². The van der Waals surface area contributed by atoms with Gasteiger partial charge in [-0.05, 0) is 32.9 Å². The standard InChI is InChI=1S/C14H30N4/c1-3-4-10-17(2)13-9-16-14(15)18-11-7-5-6-8-12-18/h3-13H2,1-2H3,(H2,15,16). The van der Waals surface area contributed by atoms with Crippen LogP contribution in [0, 0.1) is 0 Å². The summed E-state index contributed by atoms with van der Waals surface area (Å²) >= 11 is 0. The van der Waals surface area contributed by atoms with Crippen LogP contribution in [0.2, 0.25) is 0 Å². The normalized spacial score (nSPS) is 18.2. The number of likely N-dealkylation sites (tertiary alicyclic amines) is 1. The van der Waals surface area contributed by atoms with Gasteiger partial charge in [0.1, 0.15) is 0 Å². The van der Waals surface area contributed by atoms with E-state index in [1.54, 1.807) is 0 Å². The van der Waals surface area contributed by atoms with Crippen LogP contribution in [0.4, 0.5) is 0 Å². The second kappa shape index (κ2) is 9.20. The summed E-state index contributed by atoms with van der Waals surface area (Å²) in [7, 11) is 2.16. The number of nitrogens with zero attached hydrogens (tertiary/aromatic N) is 3. The fourth-order valence-corrected chi connectivity index (χ4v) is 2.27. The molecule has 2 N–H and O–H groups in total. The predicted molar refractivity (Wildman–Crippen MR) is 78.9 cm³/mol. The molecule has 1 heterocycles. The molecule has 0 aromatic rings. The van der Waals surface area contributed by atoms with Crippen LogP contribution >= 0.6 is 0 Å². The van der Waals surface area contributed by atoms with Crippen LogP contribution < -0.4 is 5.73 Å². The zero-order valence-corrected chi connectivity index (χ0v) is 12.2. The highest BCUT2D eigenvalue weighted by atomic mass is 15.3. The predicted octanol–water partition coefficient (Wildman–Crippen LogP) is 1.91. The fourth-order valence-electron chi connectivity index (χ4n) is 2.27. The molecular formula is C14H30N4. The van der Waals surface area contributed by atoms with Crippen LogP contribution in [0.5, 0.6) is 0 Å². The van der Waals surface area contributed by atoms with Gasteiger partial charge in [-0.2, -0.15) is 0 Å². The summed E-state index contributed by atoms with van der Waals surface area (Å²) in [5.74, 6) is 0.751. The molecule has 1 rings (SSSR count). The number of nitrogens with two attached hydrogens (primary N) is 1. The third kappa shape index (κ3) is 6.24. The minimum Gasteiger partial charge on any atom is -0.370 e. The molecule has 0 saturated carbocycles. The second-order valence-corrected chi connectivity index (χ2v) is 5.30. The van der Waals surface area contributed by atoms with Crippen molar-refractivity contribution >= 4 is 5.96 Å². The van der Waals surface area contributed by atoms with Crippen LogP contribution in [0.3, 0.4) is 0 Å². The molecule has 0 aliphatic carbocycles. The van der Waals surface area contributed by atoms with E-state index in [9.17, 15) is 0 Å². The monoisotopic (exact) mass is 254 g/mol. The van der Waals surface area contributed by atoms with Crippen LogP contribution in [0.15, 0.2) is 4.99 Å². The van der Waals surface area contributed by atoms with Gasteiger partial charge in [0.05, 0.1) is 6.54 Å². The van der Waals surface area contributed by atoms with Gasteiger partial charge in [0.2, 0.25) is 0 Å². The van der Waals surface area contributed by atoms with E-state index in [1.165, 1.54) is 38.5 Å². The molecule has 0 aromatic heterocycles. The Morgan fingerprint density at radius 1 is 1.17 bits per heavy atom. The fraction of sp³-hybridized carbons (Fsp3) is 0.929. The van der Waals surface area contributed by atoms with Crippen molar-refractivity contribution in [1.29, 1.82) is 0 Å². The molecule has 106 valence electrons. The smallest absolute Gasteiger partial charge is 0.191 e. The SMILES string of the molecule is CCCCN(C)CCN=C(N)N1CCCCCC1. The quantitative estimate of drug-likeness (QED) is 0.582. The third-order valence-electron chi connectivity index (χ3n) is 3.58. The Kier molecular flexibility index (Phi) is 7.81. The van der Waals surface area contributed by atoms with E-state index in [0.717, 1.165) is 38.7 Å². The van der Waals surface area contributed by atoms with Crippen molar-refractivity contribution < 1.29 is 0 Å². The Balaban J connectivity index is 2.23. The average Bonchev–Trinajstić information content (AvgIpc) is 2.65. The maximum atomic E-state index is 6.06. The number of rotatable bonds is 6. The highest BCUT2D eigenvalue weighted by Crippen LogP contribution is 2.08. The van der Waals surface area contributed by atoms with Crippen molar-refractivity contribution in [1.82, 2.24) is 9.80 Å². The molecular weight excluding hydrogens is 224 g/mol. The first-order valence-corrected chi connectivity index (χ1v) is 7.47. The lowest BCUT2D eigenvalue weighted by atomic mass is 10.2. The maximum absolute atomic E-state index is 6.06. The topological polar surface area (TPSA) is 44.9 Å². The molecule has 0 spiro atoms. The zero-order valence-electron chi connectivity index (χ0n) is 12.2. The van der Waals surface area contributed by atoms with Crippen molar-refractivity contribution in [2.24, 2.45) is 10.7 Å². The van der Waals surface area contributed by atoms with Gasteiger partial charge in [-0.3, -0.25) is 4.99 Å². The summed E-state index contributed by atoms with van der Waals surface area (Å²) in [6, 6.07) is 0. The first-order valence-electron chi connectivity index (χ1n) is 7.47. The first-order chi connectivity index (χ1) is 8.74. The highest BCUT2D eigenvalue weighted by molar-refractivity contribution is 5.78. The summed E-state index contributed by atoms with van der Waals surface area (Å²) in [6.07, 6.45) is 7.71. The molecule has 0 radical (unpaired) electrons. The minimum atomic E-state index is 0.751. The summed E-state index contributed by atoms with van der Waals surface area (Å²) in [4.78, 5) is 9.10. The van der Waals surface area contributed by atoms with E-state index in [0.29, 0.717) is 0 Å². The largest absolute Gasteiger partial charge is 0.370 e. The molecule has 1 aliphatic rings. The molecule has 1 fully saturated rings. The van der Waals surface area contributed by atoms with E-state index < -0.39 is 0 Å². The van der Waals surface area contributed by atoms with Crippen molar-refractivity contribution in [3.05, 3.63) is 0 Å². The number of hydrogen-bond acceptors (Lipinski definition) is 2. The molecule has 0 bridgehead atoms. The molecule has 0 aromatic carbocycles. The van der Waals surface area contributed by atoms with Gasteiger partial charge in [-0.15, -0.1) is 0 Å². The molecule has 0 amide bonds. The lowest BCUT2D eigenvalue weighted by molar-refractivity contribution is 0.336. The first kappa shape index (κ1) is 15.3. The van der Waals surface area contributed by atoms with Crippen molar-refractivity contribution in [3.63, 3.8) is 0 Å². The number of aliphatic imine (C=N–C) groups is 1. The Hall–Kier alpha value is -0.770. The molecule has 18 heavy (non-hydrogen) atoms. The van der Waals surface area contributed by atoms with Crippen LogP contribution in [0.1, 0.15) is 45.4 Å². The van der Waals surface area contributed by atoms with Crippen molar-refractivity contribution in [2.75, 3.05) is 39.8 Å².